The topological polar surface area (TPSA) is 92.4 Å². The molecule has 2 heterocycles. The van der Waals surface area contributed by atoms with Gasteiger partial charge in [-0.25, -0.2) is 9.78 Å². The molecule has 0 saturated carbocycles. The Hall–Kier alpha value is -3.10. The van der Waals surface area contributed by atoms with Gasteiger partial charge in [-0.2, -0.15) is 0 Å². The van der Waals surface area contributed by atoms with E-state index in [0.717, 1.165) is 5.56 Å². The van der Waals surface area contributed by atoms with Crippen LogP contribution in [0.4, 0.5) is 16.2 Å². The molecule has 0 aliphatic carbocycles. The number of aromatic nitrogens is 1. The lowest BCUT2D eigenvalue weighted by Gasteiger charge is -2.09. The van der Waals surface area contributed by atoms with Crippen LogP contribution in [0, 0.1) is 0 Å². The Morgan fingerprint density at radius 2 is 1.96 bits per heavy atom. The third-order valence-corrected chi connectivity index (χ3v) is 4.82. The Kier molecular flexibility index (Phi) is 6.46. The van der Waals surface area contributed by atoms with Gasteiger partial charge in [0, 0.05) is 36.6 Å². The Labute approximate surface area is 170 Å². The fourth-order valence-electron chi connectivity index (χ4n) is 2.30. The summed E-state index contributed by atoms with van der Waals surface area (Å²) < 4.78 is 5.02. The molecule has 3 aromatic rings. The smallest absolute Gasteiger partial charge is 0.391 e. The van der Waals surface area contributed by atoms with Crippen LogP contribution in [0.2, 0.25) is 5.02 Å². The molecule has 0 radical (unpaired) electrons. The number of hydrogen-bond donors (Lipinski definition) is 3. The molecule has 0 fully saturated rings. The third kappa shape index (κ3) is 5.21. The number of halogens is 1. The van der Waals surface area contributed by atoms with Crippen molar-refractivity contribution in [3.8, 4) is 5.88 Å². The lowest BCUT2D eigenvalue weighted by molar-refractivity contribution is 0.103. The molecule has 2 amide bonds. The molecule has 1 aromatic carbocycles. The molecule has 3 rings (SSSR count). The van der Waals surface area contributed by atoms with Gasteiger partial charge in [0.2, 0.25) is 5.88 Å². The van der Waals surface area contributed by atoms with Crippen molar-refractivity contribution in [1.29, 1.82) is 0 Å². The number of carbonyl (C=O) groups excluding carboxylic acids is 2. The Morgan fingerprint density at radius 3 is 2.71 bits per heavy atom. The molecule has 28 heavy (non-hydrogen) atoms. The first-order chi connectivity index (χ1) is 13.5. The zero-order chi connectivity index (χ0) is 19.9. The molecule has 0 bridgehead atoms. The van der Waals surface area contributed by atoms with E-state index >= 15 is 0 Å². The zero-order valence-corrected chi connectivity index (χ0v) is 16.4. The minimum Gasteiger partial charge on any atom is -0.391 e. The zero-order valence-electron chi connectivity index (χ0n) is 14.9. The van der Waals surface area contributed by atoms with Crippen LogP contribution in [-0.2, 0) is 6.54 Å². The molecule has 0 aliphatic heterocycles. The lowest BCUT2D eigenvalue weighted by atomic mass is 10.2. The highest BCUT2D eigenvalue weighted by Crippen LogP contribution is 2.25. The van der Waals surface area contributed by atoms with Crippen molar-refractivity contribution in [2.24, 2.45) is 0 Å². The fourth-order valence-corrected chi connectivity index (χ4v) is 3.20. The van der Waals surface area contributed by atoms with E-state index in [1.807, 2.05) is 11.4 Å². The van der Waals surface area contributed by atoms with E-state index in [4.69, 9.17) is 16.3 Å². The van der Waals surface area contributed by atoms with E-state index in [1.54, 1.807) is 42.6 Å². The minimum absolute atomic E-state index is 0.199. The van der Waals surface area contributed by atoms with Crippen LogP contribution in [0.5, 0.6) is 5.88 Å². The van der Waals surface area contributed by atoms with Crippen molar-refractivity contribution in [2.75, 3.05) is 17.7 Å². The molecule has 9 heteroatoms. The van der Waals surface area contributed by atoms with E-state index in [2.05, 4.69) is 20.9 Å². The number of nitrogens with one attached hydrogen (secondary N) is 3. The van der Waals surface area contributed by atoms with Gasteiger partial charge in [0.15, 0.2) is 0 Å². The predicted molar refractivity (Wildman–Crippen MR) is 110 cm³/mol. The first kappa shape index (κ1) is 19.7. The minimum atomic E-state index is -0.586. The molecular weight excluding hydrogens is 400 g/mol. The summed E-state index contributed by atoms with van der Waals surface area (Å²) in [6.07, 6.45) is 0.966. The summed E-state index contributed by atoms with van der Waals surface area (Å²) in [7, 11) is 1.47. The Bertz CT molecular complexity index is 975. The number of thiophene rings is 1. The Morgan fingerprint density at radius 1 is 1.18 bits per heavy atom. The summed E-state index contributed by atoms with van der Waals surface area (Å²) in [6.45, 7) is 0.435. The predicted octanol–water partition coefficient (Wildman–Crippen LogP) is 4.38. The molecule has 0 atom stereocenters. The second-order valence-electron chi connectivity index (χ2n) is 5.62. The van der Waals surface area contributed by atoms with Crippen LogP contribution in [-0.4, -0.2) is 24.0 Å². The van der Waals surface area contributed by atoms with Crippen molar-refractivity contribution in [2.45, 2.75) is 6.54 Å². The van der Waals surface area contributed by atoms with E-state index in [-0.39, 0.29) is 11.8 Å². The van der Waals surface area contributed by atoms with Gasteiger partial charge in [0.05, 0.1) is 5.69 Å². The number of amides is 2. The van der Waals surface area contributed by atoms with E-state index in [9.17, 15) is 9.59 Å². The monoisotopic (exact) mass is 416 g/mol. The van der Waals surface area contributed by atoms with Gasteiger partial charge in [0.25, 0.3) is 5.91 Å². The normalized spacial score (nSPS) is 10.2. The van der Waals surface area contributed by atoms with Crippen LogP contribution in [0.25, 0.3) is 0 Å². The van der Waals surface area contributed by atoms with Gasteiger partial charge in [-0.15, -0.1) is 11.3 Å². The SMILES string of the molecule is CNC(=O)Oc1cc(CNc2ccsc2C(=O)Nc2ccc(Cl)cc2)ccn1. The fraction of sp³-hybridized carbons (Fsp3) is 0.105. The highest BCUT2D eigenvalue weighted by atomic mass is 35.5. The van der Waals surface area contributed by atoms with Crippen LogP contribution >= 0.6 is 22.9 Å². The summed E-state index contributed by atoms with van der Waals surface area (Å²) >= 11 is 7.20. The molecule has 0 aliphatic rings. The highest BCUT2D eigenvalue weighted by molar-refractivity contribution is 7.12. The standard InChI is InChI=1S/C19H17ClN4O3S/c1-21-19(26)27-16-10-12(6-8-22-16)11-23-15-7-9-28-17(15)18(25)24-14-4-2-13(20)3-5-14/h2-10,23H,11H2,1H3,(H,21,26)(H,24,25). The van der Waals surface area contributed by atoms with Crippen LogP contribution in [0.1, 0.15) is 15.2 Å². The number of ether oxygens (including phenoxy) is 1. The van der Waals surface area contributed by atoms with E-state index < -0.39 is 6.09 Å². The van der Waals surface area contributed by atoms with Crippen LogP contribution in [0.15, 0.2) is 54.0 Å². The van der Waals surface area contributed by atoms with Crippen molar-refractivity contribution in [1.82, 2.24) is 10.3 Å². The molecular formula is C19H17ClN4O3S. The summed E-state index contributed by atoms with van der Waals surface area (Å²) in [6, 6.07) is 12.2. The molecule has 3 N–H and O–H groups in total. The van der Waals surface area contributed by atoms with Crippen molar-refractivity contribution in [3.05, 3.63) is 69.5 Å². The number of hydrogen-bond acceptors (Lipinski definition) is 6. The number of pyridine rings is 1. The van der Waals surface area contributed by atoms with Gasteiger partial charge in [-0.3, -0.25) is 4.79 Å². The number of anilines is 2. The average Bonchev–Trinajstić information content (AvgIpc) is 3.17. The van der Waals surface area contributed by atoms with Gasteiger partial charge in [-0.05, 0) is 47.3 Å². The summed E-state index contributed by atoms with van der Waals surface area (Å²) in [5.74, 6) is -0.0112. The molecule has 7 nitrogen and oxygen atoms in total. The number of carbonyl (C=O) groups is 2. The number of benzene rings is 1. The summed E-state index contributed by atoms with van der Waals surface area (Å²) in [4.78, 5) is 28.4. The van der Waals surface area contributed by atoms with Gasteiger partial charge < -0.3 is 20.7 Å². The van der Waals surface area contributed by atoms with E-state index in [1.165, 1.54) is 18.4 Å². The third-order valence-electron chi connectivity index (χ3n) is 3.66. The van der Waals surface area contributed by atoms with Crippen molar-refractivity contribution < 1.29 is 14.3 Å². The van der Waals surface area contributed by atoms with Crippen LogP contribution in [0.3, 0.4) is 0 Å². The first-order valence-electron chi connectivity index (χ1n) is 8.28. The summed E-state index contributed by atoms with van der Waals surface area (Å²) in [5.41, 5.74) is 2.23. The summed E-state index contributed by atoms with van der Waals surface area (Å²) in [5, 5.41) is 10.9. The van der Waals surface area contributed by atoms with Crippen molar-refractivity contribution >= 4 is 46.3 Å². The van der Waals surface area contributed by atoms with Gasteiger partial charge in [-0.1, -0.05) is 11.6 Å². The maximum Gasteiger partial charge on any atom is 0.413 e. The number of rotatable bonds is 6. The maximum absolute atomic E-state index is 12.6. The Balaban J connectivity index is 1.64. The highest BCUT2D eigenvalue weighted by Gasteiger charge is 2.14. The first-order valence-corrected chi connectivity index (χ1v) is 9.53. The molecule has 0 saturated heterocycles. The maximum atomic E-state index is 12.6. The second-order valence-corrected chi connectivity index (χ2v) is 6.97. The van der Waals surface area contributed by atoms with Gasteiger partial charge in [0.1, 0.15) is 4.88 Å². The second kappa shape index (κ2) is 9.20. The molecule has 0 unspecified atom stereocenters. The van der Waals surface area contributed by atoms with Crippen molar-refractivity contribution in [3.63, 3.8) is 0 Å². The molecule has 0 spiro atoms. The number of nitrogens with zero attached hydrogens (tertiary/aromatic N) is 1. The van der Waals surface area contributed by atoms with Crippen LogP contribution < -0.4 is 20.7 Å². The average molecular weight is 417 g/mol. The van der Waals surface area contributed by atoms with E-state index in [0.29, 0.717) is 27.8 Å². The lowest BCUT2D eigenvalue weighted by Crippen LogP contribution is -2.22. The quantitative estimate of drug-likeness (QED) is 0.554. The molecule has 144 valence electrons. The van der Waals surface area contributed by atoms with Gasteiger partial charge >= 0.3 is 6.09 Å². The largest absolute Gasteiger partial charge is 0.413 e. The molecule has 2 aromatic heterocycles.